The lowest BCUT2D eigenvalue weighted by Crippen LogP contribution is -2.27. The minimum Gasteiger partial charge on any atom is -0.388 e. The number of hydrogen-bond acceptors (Lipinski definition) is 8. The topological polar surface area (TPSA) is 337 Å². The summed E-state index contributed by atoms with van der Waals surface area (Å²) in [6.07, 6.45) is 7.91. The molecule has 4 aromatic rings. The van der Waals surface area contributed by atoms with Crippen LogP contribution in [0.5, 0.6) is 0 Å². The first-order valence-corrected chi connectivity index (χ1v) is 14.7. The third-order valence-electron chi connectivity index (χ3n) is 6.52. The molecule has 4 heterocycles. The maximum absolute atomic E-state index is 12.6. The van der Waals surface area contributed by atoms with Crippen LogP contribution in [-0.4, -0.2) is 80.1 Å². The van der Waals surface area contributed by atoms with E-state index in [9.17, 15) is 28.8 Å². The summed E-state index contributed by atoms with van der Waals surface area (Å²) < 4.78 is 0. The van der Waals surface area contributed by atoms with Crippen molar-refractivity contribution < 1.29 is 28.8 Å². The monoisotopic (exact) mass is 686 g/mol. The largest absolute Gasteiger partial charge is 0.388 e. The molecule has 4 aromatic heterocycles. The second kappa shape index (κ2) is 16.4. The van der Waals surface area contributed by atoms with Gasteiger partial charge in [-0.3, -0.25) is 39.6 Å². The molecule has 0 aliphatic rings. The van der Waals surface area contributed by atoms with Gasteiger partial charge >= 0.3 is 0 Å². The quantitative estimate of drug-likeness (QED) is 0.0452. The first-order valence-electron chi connectivity index (χ1n) is 14.7. The highest BCUT2D eigenvalue weighted by molar-refractivity contribution is 6.09. The number of carbonyl (C=O) groups excluding carboxylic acids is 6. The van der Waals surface area contributed by atoms with Crippen molar-refractivity contribution >= 4 is 70.1 Å². The predicted octanol–water partition coefficient (Wildman–Crippen LogP) is 0.749. The van der Waals surface area contributed by atoms with Crippen molar-refractivity contribution in [2.75, 3.05) is 34.4 Å². The second-order valence-electron chi connectivity index (χ2n) is 10.5. The molecular formula is C30H34N14O6. The van der Waals surface area contributed by atoms with Crippen molar-refractivity contribution in [1.82, 2.24) is 30.6 Å². The van der Waals surface area contributed by atoms with E-state index in [-0.39, 0.29) is 77.4 Å². The van der Waals surface area contributed by atoms with Crippen LogP contribution in [0, 0.1) is 10.8 Å². The van der Waals surface area contributed by atoms with Gasteiger partial charge in [0.1, 0.15) is 23.0 Å². The number of carbonyl (C=O) groups is 6. The summed E-state index contributed by atoms with van der Waals surface area (Å²) in [5.41, 5.74) is 11.8. The van der Waals surface area contributed by atoms with E-state index in [4.69, 9.17) is 22.3 Å². The standard InChI is InChI=1S/C30H34N14O6/c31-21(32)3-5-35-27(47)15-7-24(40-11-15)44-28(48)16-8-23(39-12-16)43-26(46)2-1-25(45)41-17-9-20(38-13-17)30(50)42-18-10-19(37-14-18)29(49)36-6-4-22(33)34/h1-2,7-14,37-40H,3-6H2,(H3,31,32)(H3,33,34)(H,35,47)(H,36,49)(H,41,45)(H,42,50)(H,43,46)(H,44,48)/b2-1+. The van der Waals surface area contributed by atoms with Gasteiger partial charge in [-0.05, 0) is 24.3 Å². The fraction of sp³-hybridized carbons (Fsp3) is 0.133. The van der Waals surface area contributed by atoms with Gasteiger partial charge in [0.15, 0.2) is 0 Å². The number of anilines is 4. The fourth-order valence-corrected chi connectivity index (χ4v) is 4.11. The number of aromatic amines is 4. The maximum atomic E-state index is 12.6. The Morgan fingerprint density at radius 3 is 1.62 bits per heavy atom. The number of amidine groups is 2. The number of H-pyrrole nitrogens is 4. The summed E-state index contributed by atoms with van der Waals surface area (Å²) in [7, 11) is 0. The molecule has 0 aromatic carbocycles. The molecule has 0 atom stereocenters. The van der Waals surface area contributed by atoms with Gasteiger partial charge in [-0.1, -0.05) is 0 Å². The van der Waals surface area contributed by atoms with E-state index in [1.165, 1.54) is 49.1 Å². The van der Waals surface area contributed by atoms with E-state index in [1.807, 2.05) is 0 Å². The SMILES string of the molecule is N=C(N)CCNC(=O)c1c[nH]c(NC(=O)c2c[nH]c(NC(=O)/C=C/C(=O)Nc3c[nH]c(C(=O)Nc4c[nH]c(C(=O)NCCC(=N)N)c4)c3)c2)c1. The van der Waals surface area contributed by atoms with E-state index in [2.05, 4.69) is 51.8 Å². The first kappa shape index (κ1) is 35.5. The van der Waals surface area contributed by atoms with Crippen LogP contribution in [0.4, 0.5) is 23.0 Å². The van der Waals surface area contributed by atoms with Crippen molar-refractivity contribution in [1.29, 1.82) is 10.8 Å². The molecule has 20 heteroatoms. The molecule has 0 unspecified atom stereocenters. The maximum Gasteiger partial charge on any atom is 0.272 e. The third kappa shape index (κ3) is 10.6. The van der Waals surface area contributed by atoms with Crippen LogP contribution < -0.4 is 43.4 Å². The molecule has 260 valence electrons. The lowest BCUT2D eigenvalue weighted by atomic mass is 10.3. The zero-order valence-corrected chi connectivity index (χ0v) is 26.2. The van der Waals surface area contributed by atoms with E-state index in [1.54, 1.807) is 0 Å². The molecule has 50 heavy (non-hydrogen) atoms. The van der Waals surface area contributed by atoms with Gasteiger partial charge in [-0.15, -0.1) is 0 Å². The van der Waals surface area contributed by atoms with Crippen LogP contribution in [0.15, 0.2) is 61.2 Å². The number of aromatic nitrogens is 4. The lowest BCUT2D eigenvalue weighted by molar-refractivity contribution is -0.114. The average Bonchev–Trinajstić information content (AvgIpc) is 3.88. The van der Waals surface area contributed by atoms with Gasteiger partial charge in [0.25, 0.3) is 23.6 Å². The third-order valence-corrected chi connectivity index (χ3v) is 6.52. The summed E-state index contributed by atoms with van der Waals surface area (Å²) in [6.45, 7) is 0.384. The van der Waals surface area contributed by atoms with E-state index in [0.29, 0.717) is 5.69 Å². The predicted molar refractivity (Wildman–Crippen MR) is 183 cm³/mol. The van der Waals surface area contributed by atoms with Gasteiger partial charge in [0.2, 0.25) is 11.8 Å². The smallest absolute Gasteiger partial charge is 0.272 e. The zero-order valence-electron chi connectivity index (χ0n) is 26.2. The summed E-state index contributed by atoms with van der Waals surface area (Å²) in [5.74, 6) is -2.96. The number of nitrogens with two attached hydrogens (primary N) is 2. The molecule has 6 amide bonds. The van der Waals surface area contributed by atoms with Gasteiger partial charge in [0, 0.05) is 62.9 Å². The zero-order chi connectivity index (χ0) is 36.2. The second-order valence-corrected chi connectivity index (χ2v) is 10.5. The fourth-order valence-electron chi connectivity index (χ4n) is 4.11. The van der Waals surface area contributed by atoms with E-state index >= 15 is 0 Å². The Bertz CT molecular complexity index is 1820. The normalized spacial score (nSPS) is 10.6. The van der Waals surface area contributed by atoms with Crippen LogP contribution in [-0.2, 0) is 9.59 Å². The molecule has 0 saturated carbocycles. The highest BCUT2D eigenvalue weighted by Crippen LogP contribution is 2.16. The number of nitrogens with one attached hydrogen (secondary N) is 12. The Hall–Kier alpha value is -7.38. The molecule has 16 N–H and O–H groups in total. The van der Waals surface area contributed by atoms with Gasteiger partial charge in [0.05, 0.1) is 34.2 Å². The molecule has 0 aliphatic carbocycles. The summed E-state index contributed by atoms with van der Waals surface area (Å²) in [4.78, 5) is 85.2. The van der Waals surface area contributed by atoms with Crippen LogP contribution >= 0.6 is 0 Å². The van der Waals surface area contributed by atoms with Crippen LogP contribution in [0.1, 0.15) is 54.5 Å². The Balaban J connectivity index is 1.20. The molecular weight excluding hydrogens is 652 g/mol. The summed E-state index contributed by atoms with van der Waals surface area (Å²) in [6, 6.07) is 5.59. The molecule has 0 saturated heterocycles. The lowest BCUT2D eigenvalue weighted by Gasteiger charge is -2.02. The molecule has 4 rings (SSSR count). The van der Waals surface area contributed by atoms with Crippen molar-refractivity contribution in [2.24, 2.45) is 11.5 Å². The Kier molecular flexibility index (Phi) is 11.7. The molecule has 0 aliphatic heterocycles. The van der Waals surface area contributed by atoms with Gasteiger partial charge in [-0.25, -0.2) is 0 Å². The average molecular weight is 687 g/mol. The molecule has 0 spiro atoms. The van der Waals surface area contributed by atoms with Crippen molar-refractivity contribution in [3.8, 4) is 0 Å². The Morgan fingerprint density at radius 1 is 0.560 bits per heavy atom. The van der Waals surface area contributed by atoms with Gasteiger partial charge in [-0.2, -0.15) is 0 Å². The number of hydrogen-bond donors (Lipinski definition) is 14. The summed E-state index contributed by atoms with van der Waals surface area (Å²) >= 11 is 0. The molecule has 20 nitrogen and oxygen atoms in total. The minimum atomic E-state index is -0.675. The minimum absolute atomic E-state index is 0.0535. The highest BCUT2D eigenvalue weighted by atomic mass is 16.2. The van der Waals surface area contributed by atoms with E-state index in [0.717, 1.165) is 12.2 Å². The van der Waals surface area contributed by atoms with Crippen molar-refractivity contribution in [3.63, 3.8) is 0 Å². The summed E-state index contributed by atoms with van der Waals surface area (Å²) in [5, 5.41) is 29.7. The number of rotatable bonds is 16. The Morgan fingerprint density at radius 2 is 1.04 bits per heavy atom. The van der Waals surface area contributed by atoms with E-state index < -0.39 is 35.4 Å². The number of amides is 6. The molecule has 0 radical (unpaired) electrons. The molecule has 0 fully saturated rings. The van der Waals surface area contributed by atoms with Crippen molar-refractivity contribution in [3.05, 3.63) is 83.7 Å². The molecule has 0 bridgehead atoms. The van der Waals surface area contributed by atoms with Crippen LogP contribution in [0.3, 0.4) is 0 Å². The van der Waals surface area contributed by atoms with Gasteiger partial charge < -0.3 is 63.3 Å². The van der Waals surface area contributed by atoms with Crippen LogP contribution in [0.25, 0.3) is 0 Å². The highest BCUT2D eigenvalue weighted by Gasteiger charge is 2.15. The first-order chi connectivity index (χ1) is 23.9. The van der Waals surface area contributed by atoms with Crippen LogP contribution in [0.2, 0.25) is 0 Å². The Labute approximate surface area is 282 Å². The van der Waals surface area contributed by atoms with Crippen molar-refractivity contribution in [2.45, 2.75) is 12.8 Å².